The van der Waals surface area contributed by atoms with Crippen molar-refractivity contribution >= 4 is 0 Å². The van der Waals surface area contributed by atoms with E-state index in [4.69, 9.17) is 0 Å². The van der Waals surface area contributed by atoms with Crippen LogP contribution >= 0.6 is 0 Å². The molecule has 1 N–H and O–H groups in total. The highest BCUT2D eigenvalue weighted by atomic mass is 16.3. The second-order valence-electron chi connectivity index (χ2n) is 3.88. The van der Waals surface area contributed by atoms with Crippen LogP contribution in [0.5, 0.6) is 0 Å². The molecule has 1 heteroatoms. The molecule has 0 aromatic rings. The van der Waals surface area contributed by atoms with Gasteiger partial charge in [0.15, 0.2) is 0 Å². The van der Waals surface area contributed by atoms with Crippen molar-refractivity contribution < 1.29 is 5.11 Å². The zero-order valence-corrected chi connectivity index (χ0v) is 6.85. The molecule has 0 aromatic heterocycles. The topological polar surface area (TPSA) is 20.2 Å². The molecule has 0 saturated heterocycles. The summed E-state index contributed by atoms with van der Waals surface area (Å²) in [5, 5.41) is 9.32. The van der Waals surface area contributed by atoms with Gasteiger partial charge in [0.05, 0.1) is 6.10 Å². The Morgan fingerprint density at radius 1 is 1.60 bits per heavy atom. The van der Waals surface area contributed by atoms with E-state index >= 15 is 0 Å². The Bertz CT molecular complexity index is 147. The number of aliphatic hydroxyl groups excluding tert-OH is 1. The van der Waals surface area contributed by atoms with E-state index in [9.17, 15) is 5.11 Å². The number of hydrogen-bond donors (Lipinski definition) is 1. The molecule has 10 heavy (non-hydrogen) atoms. The lowest BCUT2D eigenvalue weighted by Gasteiger charge is -2.34. The van der Waals surface area contributed by atoms with E-state index in [1.165, 1.54) is 5.57 Å². The maximum absolute atomic E-state index is 9.32. The van der Waals surface area contributed by atoms with Gasteiger partial charge in [0.1, 0.15) is 0 Å². The normalized spacial score (nSPS) is 32.3. The Labute approximate surface area is 62.8 Å². The van der Waals surface area contributed by atoms with Gasteiger partial charge in [0.25, 0.3) is 0 Å². The number of rotatable bonds is 0. The molecule has 1 aliphatic carbocycles. The van der Waals surface area contributed by atoms with Crippen LogP contribution in [0.4, 0.5) is 0 Å². The third kappa shape index (κ3) is 1.40. The molecule has 58 valence electrons. The highest BCUT2D eigenvalue weighted by Crippen LogP contribution is 2.38. The average molecular weight is 140 g/mol. The van der Waals surface area contributed by atoms with Crippen LogP contribution in [-0.4, -0.2) is 11.2 Å². The van der Waals surface area contributed by atoms with Gasteiger partial charge in [-0.25, -0.2) is 0 Å². The summed E-state index contributed by atoms with van der Waals surface area (Å²) in [6, 6.07) is 0. The fraction of sp³-hybridized carbons (Fsp3) is 0.778. The fourth-order valence-corrected chi connectivity index (χ4v) is 1.51. The van der Waals surface area contributed by atoms with Gasteiger partial charge in [-0.1, -0.05) is 26.0 Å². The first kappa shape index (κ1) is 7.80. The average Bonchev–Trinajstić information content (AvgIpc) is 1.78. The SMILES string of the molecule is C=C1CCC(O)CC1(C)C. The van der Waals surface area contributed by atoms with Crippen molar-refractivity contribution in [2.24, 2.45) is 5.41 Å². The smallest absolute Gasteiger partial charge is 0.0551 e. The lowest BCUT2D eigenvalue weighted by atomic mass is 9.73. The Hall–Kier alpha value is -0.300. The summed E-state index contributed by atoms with van der Waals surface area (Å²) in [5.41, 5.74) is 1.45. The molecule has 0 bridgehead atoms. The quantitative estimate of drug-likeness (QED) is 0.511. The van der Waals surface area contributed by atoms with E-state index in [0.717, 1.165) is 19.3 Å². The summed E-state index contributed by atoms with van der Waals surface area (Å²) >= 11 is 0. The number of hydrogen-bond acceptors (Lipinski definition) is 1. The molecular weight excluding hydrogens is 124 g/mol. The van der Waals surface area contributed by atoms with Gasteiger partial charge >= 0.3 is 0 Å². The first-order valence-corrected chi connectivity index (χ1v) is 3.89. The highest BCUT2D eigenvalue weighted by molar-refractivity contribution is 5.10. The Kier molecular flexibility index (Phi) is 1.86. The van der Waals surface area contributed by atoms with Crippen molar-refractivity contribution in [2.45, 2.75) is 39.2 Å². The molecule has 0 heterocycles. The molecule has 1 atom stereocenters. The van der Waals surface area contributed by atoms with Crippen LogP contribution in [0, 0.1) is 5.41 Å². The fourth-order valence-electron chi connectivity index (χ4n) is 1.51. The molecular formula is C9H16O. The van der Waals surface area contributed by atoms with E-state index in [2.05, 4.69) is 20.4 Å². The summed E-state index contributed by atoms with van der Waals surface area (Å²) in [6.07, 6.45) is 2.68. The lowest BCUT2D eigenvalue weighted by Crippen LogP contribution is -2.27. The molecule has 0 aromatic carbocycles. The summed E-state index contributed by atoms with van der Waals surface area (Å²) in [7, 11) is 0. The van der Waals surface area contributed by atoms with Crippen LogP contribution in [0.15, 0.2) is 12.2 Å². The van der Waals surface area contributed by atoms with Crippen LogP contribution in [-0.2, 0) is 0 Å². The predicted octanol–water partition coefficient (Wildman–Crippen LogP) is 2.11. The van der Waals surface area contributed by atoms with E-state index < -0.39 is 0 Å². The zero-order chi connectivity index (χ0) is 7.78. The largest absolute Gasteiger partial charge is 0.393 e. The van der Waals surface area contributed by atoms with E-state index in [1.807, 2.05) is 0 Å². The summed E-state index contributed by atoms with van der Waals surface area (Å²) < 4.78 is 0. The molecule has 1 saturated carbocycles. The van der Waals surface area contributed by atoms with Crippen molar-refractivity contribution in [3.05, 3.63) is 12.2 Å². The van der Waals surface area contributed by atoms with Crippen molar-refractivity contribution in [1.82, 2.24) is 0 Å². The molecule has 0 aliphatic heterocycles. The molecule has 0 amide bonds. The van der Waals surface area contributed by atoms with Crippen LogP contribution < -0.4 is 0 Å². The lowest BCUT2D eigenvalue weighted by molar-refractivity contribution is 0.0967. The van der Waals surface area contributed by atoms with Gasteiger partial charge in [-0.05, 0) is 24.7 Å². The molecule has 1 nitrogen and oxygen atoms in total. The predicted molar refractivity (Wildman–Crippen MR) is 42.8 cm³/mol. The van der Waals surface area contributed by atoms with Crippen molar-refractivity contribution in [2.75, 3.05) is 0 Å². The summed E-state index contributed by atoms with van der Waals surface area (Å²) in [5.74, 6) is 0. The van der Waals surface area contributed by atoms with Gasteiger partial charge in [-0.3, -0.25) is 0 Å². The Morgan fingerprint density at radius 3 is 2.60 bits per heavy atom. The molecule has 1 fully saturated rings. The van der Waals surface area contributed by atoms with Crippen LogP contribution in [0.3, 0.4) is 0 Å². The van der Waals surface area contributed by atoms with E-state index in [-0.39, 0.29) is 11.5 Å². The van der Waals surface area contributed by atoms with Crippen molar-refractivity contribution in [1.29, 1.82) is 0 Å². The van der Waals surface area contributed by atoms with Gasteiger partial charge < -0.3 is 5.11 Å². The minimum absolute atomic E-state index is 0.0968. The molecule has 1 aliphatic rings. The molecule has 1 unspecified atom stereocenters. The van der Waals surface area contributed by atoms with Gasteiger partial charge in [-0.15, -0.1) is 0 Å². The maximum atomic E-state index is 9.32. The van der Waals surface area contributed by atoms with Crippen LogP contribution in [0.1, 0.15) is 33.1 Å². The Morgan fingerprint density at radius 2 is 2.20 bits per heavy atom. The van der Waals surface area contributed by atoms with E-state index in [1.54, 1.807) is 0 Å². The summed E-state index contributed by atoms with van der Waals surface area (Å²) in [4.78, 5) is 0. The second kappa shape index (κ2) is 2.39. The minimum Gasteiger partial charge on any atom is -0.393 e. The van der Waals surface area contributed by atoms with Crippen molar-refractivity contribution in [3.8, 4) is 0 Å². The van der Waals surface area contributed by atoms with Gasteiger partial charge in [-0.2, -0.15) is 0 Å². The van der Waals surface area contributed by atoms with Crippen molar-refractivity contribution in [3.63, 3.8) is 0 Å². The molecule has 0 radical (unpaired) electrons. The maximum Gasteiger partial charge on any atom is 0.0551 e. The third-order valence-corrected chi connectivity index (χ3v) is 2.48. The number of allylic oxidation sites excluding steroid dienone is 1. The highest BCUT2D eigenvalue weighted by Gasteiger charge is 2.29. The van der Waals surface area contributed by atoms with Crippen LogP contribution in [0.2, 0.25) is 0 Å². The van der Waals surface area contributed by atoms with Gasteiger partial charge in [0, 0.05) is 0 Å². The molecule has 1 rings (SSSR count). The molecule has 0 spiro atoms. The monoisotopic (exact) mass is 140 g/mol. The minimum atomic E-state index is -0.0968. The first-order valence-electron chi connectivity index (χ1n) is 3.89. The van der Waals surface area contributed by atoms with Crippen LogP contribution in [0.25, 0.3) is 0 Å². The summed E-state index contributed by atoms with van der Waals surface area (Å²) in [6.45, 7) is 8.29. The van der Waals surface area contributed by atoms with E-state index in [0.29, 0.717) is 0 Å². The first-order chi connectivity index (χ1) is 4.52. The second-order valence-corrected chi connectivity index (χ2v) is 3.88. The number of aliphatic hydroxyl groups is 1. The Balaban J connectivity index is 2.63. The standard InChI is InChI=1S/C9H16O/c1-7-4-5-8(10)6-9(7,2)3/h8,10H,1,4-6H2,2-3H3. The third-order valence-electron chi connectivity index (χ3n) is 2.48. The zero-order valence-electron chi connectivity index (χ0n) is 6.85. The van der Waals surface area contributed by atoms with Gasteiger partial charge in [0.2, 0.25) is 0 Å².